The van der Waals surface area contributed by atoms with Crippen LogP contribution in [0.3, 0.4) is 0 Å². The standard InChI is InChI=1S/C47H83O13P/c1-3-5-7-9-11-13-15-17-18-19-20-21-22-24-26-28-30-32-34-36-41(49)59-39(38-58-61(55,56)60-47-45(53)43(51)42(50)44(52)46(47)54)37-57-40(48)35-33-31-29-27-25-23-16-14-12-10-8-6-4-2/h5,7,11,13,17-18,20-21,39,42-47,50-54H,3-4,6,8-10,12,14-16,19,22-38H2,1-2H3,(H,55,56)/b7-5-,13-11-,18-17-,21-20-/t39-,42?,43-,44?,45?,46?,47?/m1/s1. The monoisotopic (exact) mass is 887 g/mol. The number of ether oxygens (including phenoxy) is 2. The molecule has 0 heterocycles. The predicted molar refractivity (Wildman–Crippen MR) is 239 cm³/mol. The molecule has 0 spiro atoms. The molecule has 0 aromatic carbocycles. The van der Waals surface area contributed by atoms with E-state index in [-0.39, 0.29) is 12.8 Å². The minimum absolute atomic E-state index is 0.0806. The van der Waals surface area contributed by atoms with Crippen LogP contribution in [-0.2, 0) is 32.7 Å². The van der Waals surface area contributed by atoms with Crippen molar-refractivity contribution in [1.82, 2.24) is 0 Å². The summed E-state index contributed by atoms with van der Waals surface area (Å²) in [7, 11) is -5.12. The largest absolute Gasteiger partial charge is 0.472 e. The number of rotatable bonds is 38. The molecule has 14 heteroatoms. The Kier molecular flexibility index (Phi) is 34.7. The fraction of sp³-hybridized carbons (Fsp3) is 0.787. The maximum absolute atomic E-state index is 12.8. The lowest BCUT2D eigenvalue weighted by Crippen LogP contribution is -2.64. The number of unbranched alkanes of at least 4 members (excludes halogenated alkanes) is 18. The van der Waals surface area contributed by atoms with Gasteiger partial charge in [-0.3, -0.25) is 18.6 Å². The molecular formula is C47H83O13P. The van der Waals surface area contributed by atoms with Gasteiger partial charge >= 0.3 is 19.8 Å². The molecule has 6 N–H and O–H groups in total. The van der Waals surface area contributed by atoms with Crippen LogP contribution >= 0.6 is 7.82 Å². The van der Waals surface area contributed by atoms with Gasteiger partial charge in [0, 0.05) is 12.8 Å². The molecule has 0 bridgehead atoms. The number of carbonyl (C=O) groups is 2. The highest BCUT2D eigenvalue weighted by atomic mass is 31.2. The molecule has 6 unspecified atom stereocenters. The molecule has 1 aliphatic carbocycles. The number of phosphoric acid groups is 1. The average molecular weight is 887 g/mol. The van der Waals surface area contributed by atoms with E-state index in [0.29, 0.717) is 12.8 Å². The predicted octanol–water partition coefficient (Wildman–Crippen LogP) is 9.17. The van der Waals surface area contributed by atoms with Crippen LogP contribution in [0.15, 0.2) is 48.6 Å². The summed E-state index contributed by atoms with van der Waals surface area (Å²) in [6, 6.07) is 0. The third kappa shape index (κ3) is 29.7. The Labute approximate surface area is 367 Å². The van der Waals surface area contributed by atoms with Gasteiger partial charge in [0.2, 0.25) is 0 Å². The highest BCUT2D eigenvalue weighted by molar-refractivity contribution is 7.47. The normalized spacial score (nSPS) is 22.4. The first kappa shape index (κ1) is 56.8. The Bertz CT molecular complexity index is 1250. The number of aliphatic hydroxyl groups excluding tert-OH is 5. The minimum atomic E-state index is -5.12. The third-order valence-electron chi connectivity index (χ3n) is 10.7. The molecule has 1 saturated carbocycles. The van der Waals surface area contributed by atoms with Crippen LogP contribution in [0.1, 0.15) is 181 Å². The second-order valence-corrected chi connectivity index (χ2v) is 17.6. The summed E-state index contributed by atoms with van der Waals surface area (Å²) in [4.78, 5) is 35.7. The Balaban J connectivity index is 2.46. The van der Waals surface area contributed by atoms with Crippen molar-refractivity contribution in [2.45, 2.75) is 224 Å². The fourth-order valence-electron chi connectivity index (χ4n) is 6.93. The molecule has 0 radical (unpaired) electrons. The number of hydrogen-bond donors (Lipinski definition) is 6. The minimum Gasteiger partial charge on any atom is -0.462 e. The number of hydrogen-bond acceptors (Lipinski definition) is 12. The maximum Gasteiger partial charge on any atom is 0.472 e. The van der Waals surface area contributed by atoms with Crippen molar-refractivity contribution in [3.8, 4) is 0 Å². The summed E-state index contributed by atoms with van der Waals surface area (Å²) in [6.45, 7) is 3.17. The quantitative estimate of drug-likeness (QED) is 0.0148. The lowest BCUT2D eigenvalue weighted by Gasteiger charge is -2.41. The molecule has 1 aliphatic rings. The Morgan fingerprint density at radius 2 is 0.934 bits per heavy atom. The van der Waals surface area contributed by atoms with Crippen molar-refractivity contribution in [2.24, 2.45) is 0 Å². The summed E-state index contributed by atoms with van der Waals surface area (Å²) in [5.41, 5.74) is 0. The van der Waals surface area contributed by atoms with Gasteiger partial charge in [0.05, 0.1) is 6.61 Å². The summed E-state index contributed by atoms with van der Waals surface area (Å²) in [6.07, 6.45) is 30.2. The fourth-order valence-corrected chi connectivity index (χ4v) is 7.90. The lowest BCUT2D eigenvalue weighted by atomic mass is 9.85. The number of carbonyl (C=O) groups excluding carboxylic acids is 2. The van der Waals surface area contributed by atoms with Crippen LogP contribution in [0.25, 0.3) is 0 Å². The van der Waals surface area contributed by atoms with Crippen LogP contribution in [0.2, 0.25) is 0 Å². The van der Waals surface area contributed by atoms with E-state index in [9.17, 15) is 44.6 Å². The van der Waals surface area contributed by atoms with Crippen molar-refractivity contribution in [3.05, 3.63) is 48.6 Å². The summed E-state index contributed by atoms with van der Waals surface area (Å²) < 4.78 is 33.5. The summed E-state index contributed by atoms with van der Waals surface area (Å²) in [5.74, 6) is -1.11. The number of allylic oxidation sites excluding steroid dienone is 8. The van der Waals surface area contributed by atoms with E-state index in [2.05, 4.69) is 62.5 Å². The second kappa shape index (κ2) is 37.2. The van der Waals surface area contributed by atoms with E-state index in [0.717, 1.165) is 83.5 Å². The van der Waals surface area contributed by atoms with E-state index >= 15 is 0 Å². The third-order valence-corrected chi connectivity index (χ3v) is 11.7. The van der Waals surface area contributed by atoms with Crippen molar-refractivity contribution in [2.75, 3.05) is 13.2 Å². The zero-order valence-corrected chi connectivity index (χ0v) is 38.3. The molecule has 1 fully saturated rings. The van der Waals surface area contributed by atoms with Crippen LogP contribution in [0.5, 0.6) is 0 Å². The molecule has 0 aromatic heterocycles. The van der Waals surface area contributed by atoms with Crippen molar-refractivity contribution in [3.63, 3.8) is 0 Å². The zero-order valence-electron chi connectivity index (χ0n) is 37.4. The molecule has 0 amide bonds. The van der Waals surface area contributed by atoms with E-state index in [4.69, 9.17) is 18.5 Å². The van der Waals surface area contributed by atoms with Crippen LogP contribution < -0.4 is 0 Å². The summed E-state index contributed by atoms with van der Waals surface area (Å²) >= 11 is 0. The number of phosphoric ester groups is 1. The van der Waals surface area contributed by atoms with Gasteiger partial charge in [0.15, 0.2) is 6.10 Å². The van der Waals surface area contributed by atoms with Crippen molar-refractivity contribution < 1.29 is 63.1 Å². The molecule has 354 valence electrons. The molecule has 8 atom stereocenters. The summed E-state index contributed by atoms with van der Waals surface area (Å²) in [5, 5.41) is 50.1. The van der Waals surface area contributed by atoms with Gasteiger partial charge in [0.25, 0.3) is 0 Å². The molecule has 0 saturated heterocycles. The highest BCUT2D eigenvalue weighted by Crippen LogP contribution is 2.47. The first-order chi connectivity index (χ1) is 29.4. The van der Waals surface area contributed by atoms with E-state index < -0.39 is 75.7 Å². The number of esters is 2. The SMILES string of the molecule is CC/C=C\C/C=C\C/C=C\C/C=C\CCCCCCCCC(=O)O[C@H](COC(=O)CCCCCCCCCCCCCCC)COP(=O)(O)OC1C(O)C(O)C(O)[C@@H](O)C1O. The average Bonchev–Trinajstić information content (AvgIpc) is 3.24. The molecule has 13 nitrogen and oxygen atoms in total. The van der Waals surface area contributed by atoms with Crippen LogP contribution in [0, 0.1) is 0 Å². The van der Waals surface area contributed by atoms with Gasteiger partial charge in [-0.1, -0.05) is 165 Å². The van der Waals surface area contributed by atoms with E-state index in [1.165, 1.54) is 57.8 Å². The van der Waals surface area contributed by atoms with E-state index in [1.54, 1.807) is 0 Å². The van der Waals surface area contributed by atoms with Gasteiger partial charge in [-0.05, 0) is 51.4 Å². The highest BCUT2D eigenvalue weighted by Gasteiger charge is 2.51. The van der Waals surface area contributed by atoms with Gasteiger partial charge in [0.1, 0.15) is 43.2 Å². The molecule has 1 rings (SSSR count). The zero-order chi connectivity index (χ0) is 45.0. The van der Waals surface area contributed by atoms with Gasteiger partial charge in [-0.2, -0.15) is 0 Å². The molecule has 0 aliphatic heterocycles. The second-order valence-electron chi connectivity index (χ2n) is 16.2. The topological polar surface area (TPSA) is 210 Å². The van der Waals surface area contributed by atoms with Gasteiger partial charge in [-0.15, -0.1) is 0 Å². The molecular weight excluding hydrogens is 803 g/mol. The first-order valence-electron chi connectivity index (χ1n) is 23.4. The Morgan fingerprint density at radius 1 is 0.525 bits per heavy atom. The molecule has 0 aromatic rings. The Hall–Kier alpha value is -2.19. The number of aliphatic hydroxyl groups is 5. The van der Waals surface area contributed by atoms with Crippen molar-refractivity contribution in [1.29, 1.82) is 0 Å². The van der Waals surface area contributed by atoms with E-state index in [1.807, 2.05) is 0 Å². The van der Waals surface area contributed by atoms with Crippen molar-refractivity contribution >= 4 is 19.8 Å². The Morgan fingerprint density at radius 3 is 1.43 bits per heavy atom. The van der Waals surface area contributed by atoms with Crippen LogP contribution in [0.4, 0.5) is 0 Å². The smallest absolute Gasteiger partial charge is 0.462 e. The van der Waals surface area contributed by atoms with Crippen LogP contribution in [-0.4, -0.2) is 98.3 Å². The lowest BCUT2D eigenvalue weighted by molar-refractivity contribution is -0.220. The molecule has 61 heavy (non-hydrogen) atoms. The van der Waals surface area contributed by atoms with Gasteiger partial charge < -0.3 is 39.9 Å². The maximum atomic E-state index is 12.8. The first-order valence-corrected chi connectivity index (χ1v) is 24.9. The van der Waals surface area contributed by atoms with Gasteiger partial charge in [-0.25, -0.2) is 4.57 Å².